The third kappa shape index (κ3) is 3.57. The fraction of sp³-hybridized carbons (Fsp3) is 0.625. The van der Waals surface area contributed by atoms with E-state index in [9.17, 15) is 4.79 Å². The van der Waals surface area contributed by atoms with Gasteiger partial charge in [0.15, 0.2) is 0 Å². The van der Waals surface area contributed by atoms with Gasteiger partial charge >= 0.3 is 0 Å². The van der Waals surface area contributed by atoms with Crippen LogP contribution in [0.1, 0.15) is 37.3 Å². The van der Waals surface area contributed by atoms with Gasteiger partial charge in [0, 0.05) is 75.9 Å². The van der Waals surface area contributed by atoms with E-state index in [2.05, 4.69) is 44.0 Å². The van der Waals surface area contributed by atoms with Gasteiger partial charge in [0.25, 0.3) is 0 Å². The number of likely N-dealkylation sites (tertiary alicyclic amines) is 3. The number of aryl methyl sites for hydroxylation is 1. The lowest BCUT2D eigenvalue weighted by atomic mass is 9.60. The SMILES string of the molecule is CCN1CC[C@@]2(CN(Cc3cccnc3)CC23CCN(Cc2cnn(C)c2)CC3)C1=O. The van der Waals surface area contributed by atoms with E-state index >= 15 is 0 Å². The van der Waals surface area contributed by atoms with Gasteiger partial charge in [0.2, 0.25) is 5.91 Å². The molecule has 7 nitrogen and oxygen atoms in total. The Labute approximate surface area is 185 Å². The maximum atomic E-state index is 13.7. The molecular formula is C24H34N6O. The number of piperidine rings is 1. The van der Waals surface area contributed by atoms with Crippen molar-refractivity contribution in [2.45, 2.75) is 39.3 Å². The van der Waals surface area contributed by atoms with Crippen molar-refractivity contribution in [2.24, 2.45) is 17.9 Å². The van der Waals surface area contributed by atoms with Crippen LogP contribution in [0.5, 0.6) is 0 Å². The van der Waals surface area contributed by atoms with E-state index in [1.54, 1.807) is 0 Å². The smallest absolute Gasteiger partial charge is 0.230 e. The normalized spacial score (nSPS) is 26.5. The van der Waals surface area contributed by atoms with Crippen LogP contribution in [0.15, 0.2) is 36.9 Å². The summed E-state index contributed by atoms with van der Waals surface area (Å²) in [6, 6.07) is 4.16. The molecule has 1 atom stereocenters. The van der Waals surface area contributed by atoms with Crippen LogP contribution in [0, 0.1) is 10.8 Å². The molecule has 3 fully saturated rings. The lowest BCUT2D eigenvalue weighted by molar-refractivity contribution is -0.142. The Kier molecular flexibility index (Phi) is 5.34. The highest BCUT2D eigenvalue weighted by Gasteiger charge is 2.64. The molecule has 0 radical (unpaired) electrons. The summed E-state index contributed by atoms with van der Waals surface area (Å²) in [5.74, 6) is 0.407. The van der Waals surface area contributed by atoms with E-state index in [0.717, 1.165) is 71.6 Å². The molecule has 2 aromatic heterocycles. The first-order chi connectivity index (χ1) is 15.0. The number of pyridine rings is 1. The molecule has 0 aliphatic carbocycles. The fourth-order valence-electron chi connectivity index (χ4n) is 6.41. The maximum Gasteiger partial charge on any atom is 0.230 e. The van der Waals surface area contributed by atoms with Gasteiger partial charge in [-0.1, -0.05) is 6.07 Å². The van der Waals surface area contributed by atoms with Gasteiger partial charge in [-0.25, -0.2) is 0 Å². The number of carbonyl (C=O) groups excluding carboxylic acids is 1. The van der Waals surface area contributed by atoms with Crippen LogP contribution < -0.4 is 0 Å². The van der Waals surface area contributed by atoms with Gasteiger partial charge < -0.3 is 4.90 Å². The molecule has 5 rings (SSSR count). The van der Waals surface area contributed by atoms with E-state index in [0.29, 0.717) is 5.91 Å². The Morgan fingerprint density at radius 2 is 1.81 bits per heavy atom. The standard InChI is InChI=1S/C24H34N6O/c1-3-30-12-8-24(22(30)31)19-29(16-20-5-4-9-25-13-20)18-23(24)6-10-28(11-7-23)17-21-14-26-27(2)15-21/h4-5,9,13-15H,3,6-8,10-12,16-19H2,1-2H3/t24-/m1/s1. The Hall–Kier alpha value is -2.25. The molecule has 7 heteroatoms. The zero-order valence-corrected chi connectivity index (χ0v) is 18.8. The Balaban J connectivity index is 1.35. The second-order valence-electron chi connectivity index (χ2n) is 9.80. The Morgan fingerprint density at radius 3 is 2.45 bits per heavy atom. The third-order valence-corrected chi connectivity index (χ3v) is 8.03. The van der Waals surface area contributed by atoms with Crippen molar-refractivity contribution in [3.8, 4) is 0 Å². The van der Waals surface area contributed by atoms with Crippen LogP contribution in [0.25, 0.3) is 0 Å². The molecule has 0 unspecified atom stereocenters. The van der Waals surface area contributed by atoms with Gasteiger partial charge in [-0.15, -0.1) is 0 Å². The molecule has 2 aromatic rings. The first-order valence-corrected chi connectivity index (χ1v) is 11.6. The fourth-order valence-corrected chi connectivity index (χ4v) is 6.41. The highest BCUT2D eigenvalue weighted by Crippen LogP contribution is 2.58. The number of aromatic nitrogens is 3. The molecule has 31 heavy (non-hydrogen) atoms. The molecule has 0 aromatic carbocycles. The van der Waals surface area contributed by atoms with Crippen LogP contribution in [-0.4, -0.2) is 74.6 Å². The van der Waals surface area contributed by atoms with E-state index < -0.39 is 0 Å². The molecule has 0 bridgehead atoms. The average molecular weight is 423 g/mol. The van der Waals surface area contributed by atoms with E-state index in [4.69, 9.17) is 0 Å². The van der Waals surface area contributed by atoms with Crippen LogP contribution in [0.3, 0.4) is 0 Å². The lowest BCUT2D eigenvalue weighted by Crippen LogP contribution is -2.52. The summed E-state index contributed by atoms with van der Waals surface area (Å²) in [5, 5.41) is 4.32. The second-order valence-corrected chi connectivity index (χ2v) is 9.80. The summed E-state index contributed by atoms with van der Waals surface area (Å²) in [5.41, 5.74) is 2.38. The zero-order valence-electron chi connectivity index (χ0n) is 18.8. The summed E-state index contributed by atoms with van der Waals surface area (Å²) in [6.45, 7) is 9.70. The average Bonchev–Trinajstić information content (AvgIpc) is 3.42. The molecule has 0 saturated carbocycles. The third-order valence-electron chi connectivity index (χ3n) is 8.03. The lowest BCUT2D eigenvalue weighted by Gasteiger charge is -2.47. The highest BCUT2D eigenvalue weighted by atomic mass is 16.2. The summed E-state index contributed by atoms with van der Waals surface area (Å²) in [4.78, 5) is 25.1. The monoisotopic (exact) mass is 422 g/mol. The van der Waals surface area contributed by atoms with Crippen molar-refractivity contribution >= 4 is 5.91 Å². The number of amides is 1. The number of carbonyl (C=O) groups is 1. The number of nitrogens with zero attached hydrogens (tertiary/aromatic N) is 6. The van der Waals surface area contributed by atoms with Crippen molar-refractivity contribution in [2.75, 3.05) is 39.3 Å². The van der Waals surface area contributed by atoms with Gasteiger partial charge in [0.1, 0.15) is 0 Å². The largest absolute Gasteiger partial charge is 0.342 e. The summed E-state index contributed by atoms with van der Waals surface area (Å²) >= 11 is 0. The molecule has 3 aliphatic rings. The predicted octanol–water partition coefficient (Wildman–Crippen LogP) is 2.15. The topological polar surface area (TPSA) is 57.5 Å². The molecule has 5 heterocycles. The van der Waals surface area contributed by atoms with E-state index in [-0.39, 0.29) is 10.8 Å². The zero-order chi connectivity index (χ0) is 21.5. The number of rotatable bonds is 5. The molecule has 3 aliphatic heterocycles. The molecule has 2 spiro atoms. The van der Waals surface area contributed by atoms with Gasteiger partial charge in [0.05, 0.1) is 11.6 Å². The van der Waals surface area contributed by atoms with Crippen molar-refractivity contribution in [1.82, 2.24) is 29.5 Å². The summed E-state index contributed by atoms with van der Waals surface area (Å²) in [7, 11) is 1.97. The van der Waals surface area contributed by atoms with E-state index in [1.165, 1.54) is 11.1 Å². The van der Waals surface area contributed by atoms with Crippen LogP contribution in [-0.2, 0) is 24.9 Å². The molecule has 0 N–H and O–H groups in total. The van der Waals surface area contributed by atoms with Crippen molar-refractivity contribution < 1.29 is 4.79 Å². The van der Waals surface area contributed by atoms with Crippen molar-refractivity contribution in [3.63, 3.8) is 0 Å². The maximum absolute atomic E-state index is 13.7. The van der Waals surface area contributed by atoms with Gasteiger partial charge in [-0.3, -0.25) is 24.3 Å². The van der Waals surface area contributed by atoms with Crippen LogP contribution in [0.4, 0.5) is 0 Å². The molecule has 1 amide bonds. The number of fused-ring (bicyclic) bond motifs is 1. The number of hydrogen-bond acceptors (Lipinski definition) is 5. The van der Waals surface area contributed by atoms with Gasteiger partial charge in [-0.05, 0) is 50.9 Å². The van der Waals surface area contributed by atoms with Crippen LogP contribution in [0.2, 0.25) is 0 Å². The van der Waals surface area contributed by atoms with Crippen LogP contribution >= 0.6 is 0 Å². The number of hydrogen-bond donors (Lipinski definition) is 0. The van der Waals surface area contributed by atoms with Gasteiger partial charge in [-0.2, -0.15) is 5.10 Å². The Bertz CT molecular complexity index is 919. The second kappa shape index (κ2) is 8.02. The minimum Gasteiger partial charge on any atom is -0.342 e. The van der Waals surface area contributed by atoms with E-state index in [1.807, 2.05) is 36.4 Å². The summed E-state index contributed by atoms with van der Waals surface area (Å²) in [6.07, 6.45) is 11.1. The van der Waals surface area contributed by atoms with Crippen molar-refractivity contribution in [1.29, 1.82) is 0 Å². The molecule has 3 saturated heterocycles. The highest BCUT2D eigenvalue weighted by molar-refractivity contribution is 5.86. The first kappa shape index (κ1) is 20.6. The minimum absolute atomic E-state index is 0.0850. The molecule has 166 valence electrons. The summed E-state index contributed by atoms with van der Waals surface area (Å²) < 4.78 is 1.87. The first-order valence-electron chi connectivity index (χ1n) is 11.6. The van der Waals surface area contributed by atoms with Crippen molar-refractivity contribution in [3.05, 3.63) is 48.0 Å². The Morgan fingerprint density at radius 1 is 1.00 bits per heavy atom. The predicted molar refractivity (Wildman–Crippen MR) is 119 cm³/mol. The quantitative estimate of drug-likeness (QED) is 0.739. The molecular weight excluding hydrogens is 388 g/mol. The minimum atomic E-state index is -0.217.